The molecule has 0 aromatic heterocycles. The van der Waals surface area contributed by atoms with Gasteiger partial charge in [-0.15, -0.1) is 0 Å². The van der Waals surface area contributed by atoms with Crippen LogP contribution in [0.25, 0.3) is 0 Å². The summed E-state index contributed by atoms with van der Waals surface area (Å²) < 4.78 is 17.1. The molecule has 2 unspecified atom stereocenters. The van der Waals surface area contributed by atoms with Crippen molar-refractivity contribution in [2.75, 3.05) is 73.2 Å². The summed E-state index contributed by atoms with van der Waals surface area (Å²) in [6.45, 7) is 5.95. The van der Waals surface area contributed by atoms with Crippen molar-refractivity contribution in [2.24, 2.45) is 11.8 Å². The van der Waals surface area contributed by atoms with Crippen LogP contribution < -0.4 is 10.6 Å². The standard InChI is InChI=1S/C24H44N4O5/c1-25-19-21(17-20-7-6-8-24(18-20)32-15-16-33-24)22(29)28(13-14-31-2)23(30)26-9-12-27-10-4-3-5-11-27/h20-21,25H,3-19H2,1-2H3,(H,26,30). The lowest BCUT2D eigenvalue weighted by atomic mass is 9.79. The van der Waals surface area contributed by atoms with E-state index in [9.17, 15) is 9.59 Å². The molecule has 9 nitrogen and oxygen atoms in total. The largest absolute Gasteiger partial charge is 0.383 e. The molecule has 2 atom stereocenters. The zero-order valence-corrected chi connectivity index (χ0v) is 20.6. The van der Waals surface area contributed by atoms with Crippen LogP contribution in [0.3, 0.4) is 0 Å². The van der Waals surface area contributed by atoms with Crippen LogP contribution in [0, 0.1) is 11.8 Å². The second kappa shape index (κ2) is 13.6. The Morgan fingerprint density at radius 1 is 1.18 bits per heavy atom. The van der Waals surface area contributed by atoms with Gasteiger partial charge in [0, 0.05) is 39.6 Å². The first-order valence-electron chi connectivity index (χ1n) is 12.8. The molecule has 0 aromatic carbocycles. The van der Waals surface area contributed by atoms with Gasteiger partial charge in [-0.1, -0.05) is 12.8 Å². The van der Waals surface area contributed by atoms with Crippen LogP contribution >= 0.6 is 0 Å². The third-order valence-corrected chi connectivity index (χ3v) is 7.18. The van der Waals surface area contributed by atoms with Crippen molar-refractivity contribution < 1.29 is 23.8 Å². The minimum absolute atomic E-state index is 0.134. The Morgan fingerprint density at radius 2 is 1.94 bits per heavy atom. The highest BCUT2D eigenvalue weighted by Crippen LogP contribution is 2.41. The van der Waals surface area contributed by atoms with E-state index >= 15 is 0 Å². The van der Waals surface area contributed by atoms with Crippen LogP contribution in [-0.4, -0.2) is 101 Å². The number of hydrogen-bond acceptors (Lipinski definition) is 7. The van der Waals surface area contributed by atoms with Crippen molar-refractivity contribution in [2.45, 2.75) is 57.2 Å². The number of ether oxygens (including phenoxy) is 3. The average molecular weight is 469 g/mol. The first-order chi connectivity index (χ1) is 16.1. The Labute approximate surface area is 198 Å². The molecule has 1 saturated carbocycles. The van der Waals surface area contributed by atoms with E-state index in [0.29, 0.717) is 38.8 Å². The fourth-order valence-electron chi connectivity index (χ4n) is 5.50. The third-order valence-electron chi connectivity index (χ3n) is 7.18. The van der Waals surface area contributed by atoms with Gasteiger partial charge in [0.1, 0.15) is 0 Å². The summed E-state index contributed by atoms with van der Waals surface area (Å²) in [5.74, 6) is -0.533. The van der Waals surface area contributed by atoms with E-state index in [1.165, 1.54) is 24.2 Å². The summed E-state index contributed by atoms with van der Waals surface area (Å²) in [4.78, 5) is 30.3. The van der Waals surface area contributed by atoms with Crippen LogP contribution in [0.2, 0.25) is 0 Å². The lowest BCUT2D eigenvalue weighted by molar-refractivity contribution is -0.188. The zero-order chi connectivity index (χ0) is 23.5. The Balaban J connectivity index is 1.57. The van der Waals surface area contributed by atoms with Crippen LogP contribution in [-0.2, 0) is 19.0 Å². The highest BCUT2D eigenvalue weighted by molar-refractivity contribution is 5.95. The molecule has 3 fully saturated rings. The number of nitrogens with one attached hydrogen (secondary N) is 2. The van der Waals surface area contributed by atoms with E-state index in [-0.39, 0.29) is 24.4 Å². The second-order valence-electron chi connectivity index (χ2n) is 9.68. The van der Waals surface area contributed by atoms with Gasteiger partial charge in [-0.25, -0.2) is 4.79 Å². The van der Waals surface area contributed by atoms with E-state index < -0.39 is 5.79 Å². The van der Waals surface area contributed by atoms with E-state index in [0.717, 1.165) is 51.7 Å². The lowest BCUT2D eigenvalue weighted by Gasteiger charge is -2.37. The topological polar surface area (TPSA) is 92.4 Å². The fraction of sp³-hybridized carbons (Fsp3) is 0.917. The second-order valence-corrected chi connectivity index (χ2v) is 9.68. The van der Waals surface area contributed by atoms with Crippen molar-refractivity contribution in [1.82, 2.24) is 20.4 Å². The molecule has 0 bridgehead atoms. The van der Waals surface area contributed by atoms with Gasteiger partial charge >= 0.3 is 6.03 Å². The molecule has 0 aromatic rings. The number of piperidine rings is 1. The summed E-state index contributed by atoms with van der Waals surface area (Å²) in [5.41, 5.74) is 0. The minimum atomic E-state index is -0.461. The van der Waals surface area contributed by atoms with Crippen molar-refractivity contribution in [3.63, 3.8) is 0 Å². The van der Waals surface area contributed by atoms with Crippen molar-refractivity contribution in [3.8, 4) is 0 Å². The molecule has 3 amide bonds. The van der Waals surface area contributed by atoms with E-state index in [1.807, 2.05) is 7.05 Å². The van der Waals surface area contributed by atoms with Crippen molar-refractivity contribution in [3.05, 3.63) is 0 Å². The number of imide groups is 1. The highest BCUT2D eigenvalue weighted by atomic mass is 16.7. The van der Waals surface area contributed by atoms with Crippen LogP contribution in [0.1, 0.15) is 51.4 Å². The summed E-state index contributed by atoms with van der Waals surface area (Å²) in [5, 5.41) is 6.12. The van der Waals surface area contributed by atoms with Gasteiger partial charge in [0.05, 0.1) is 32.3 Å². The molecule has 0 radical (unpaired) electrons. The number of carbonyl (C=O) groups is 2. The number of urea groups is 1. The molecular weight excluding hydrogens is 424 g/mol. The van der Waals surface area contributed by atoms with E-state index in [2.05, 4.69) is 15.5 Å². The molecule has 1 aliphatic carbocycles. The smallest absolute Gasteiger partial charge is 0.324 e. The van der Waals surface area contributed by atoms with Crippen LogP contribution in [0.5, 0.6) is 0 Å². The van der Waals surface area contributed by atoms with Gasteiger partial charge < -0.3 is 29.7 Å². The summed E-state index contributed by atoms with van der Waals surface area (Å²) in [6, 6.07) is -0.322. The highest BCUT2D eigenvalue weighted by Gasteiger charge is 2.42. The van der Waals surface area contributed by atoms with Crippen molar-refractivity contribution in [1.29, 1.82) is 0 Å². The zero-order valence-electron chi connectivity index (χ0n) is 20.6. The molecular formula is C24H44N4O5. The third kappa shape index (κ3) is 7.89. The molecule has 9 heteroatoms. The summed E-state index contributed by atoms with van der Waals surface area (Å²) in [7, 11) is 3.44. The quantitative estimate of drug-likeness (QED) is 0.478. The van der Waals surface area contributed by atoms with Gasteiger partial charge in [-0.3, -0.25) is 9.69 Å². The minimum Gasteiger partial charge on any atom is -0.383 e. The number of amides is 3. The maximum absolute atomic E-state index is 13.5. The number of methoxy groups -OCH3 is 1. The molecule has 2 saturated heterocycles. The SMILES string of the molecule is CNCC(CC1CCCC2(C1)OCCO2)C(=O)N(CCOC)C(=O)NCCN1CCCCC1. The Hall–Kier alpha value is -1.26. The van der Waals surface area contributed by atoms with Crippen LogP contribution in [0.4, 0.5) is 4.79 Å². The lowest BCUT2D eigenvalue weighted by Crippen LogP contribution is -2.51. The number of likely N-dealkylation sites (tertiary alicyclic amines) is 1. The fourth-order valence-corrected chi connectivity index (χ4v) is 5.50. The molecule has 1 spiro atoms. The molecule has 33 heavy (non-hydrogen) atoms. The van der Waals surface area contributed by atoms with E-state index in [1.54, 1.807) is 7.11 Å². The number of nitrogens with zero attached hydrogens (tertiary/aromatic N) is 2. The summed E-state index contributed by atoms with van der Waals surface area (Å²) >= 11 is 0. The Kier molecular flexibility index (Phi) is 10.8. The number of carbonyl (C=O) groups excluding carboxylic acids is 2. The normalized spacial score (nSPS) is 24.0. The molecule has 190 valence electrons. The van der Waals surface area contributed by atoms with Gasteiger partial charge in [0.25, 0.3) is 0 Å². The number of hydrogen-bond donors (Lipinski definition) is 2. The maximum atomic E-state index is 13.5. The van der Waals surface area contributed by atoms with Crippen LogP contribution in [0.15, 0.2) is 0 Å². The Morgan fingerprint density at radius 3 is 2.64 bits per heavy atom. The molecule has 2 aliphatic heterocycles. The average Bonchev–Trinajstić information content (AvgIpc) is 3.27. The molecule has 2 heterocycles. The first-order valence-corrected chi connectivity index (χ1v) is 12.8. The molecule has 2 N–H and O–H groups in total. The van der Waals surface area contributed by atoms with E-state index in [4.69, 9.17) is 14.2 Å². The van der Waals surface area contributed by atoms with Gasteiger partial charge in [0.15, 0.2) is 5.79 Å². The summed E-state index contributed by atoms with van der Waals surface area (Å²) in [6.07, 6.45) is 8.28. The predicted octanol–water partition coefficient (Wildman–Crippen LogP) is 1.82. The molecule has 3 rings (SSSR count). The Bertz CT molecular complexity index is 608. The molecule has 3 aliphatic rings. The first kappa shape index (κ1) is 26.3. The van der Waals surface area contributed by atoms with Crippen molar-refractivity contribution >= 4 is 11.9 Å². The van der Waals surface area contributed by atoms with Gasteiger partial charge in [-0.2, -0.15) is 0 Å². The number of rotatable bonds is 11. The maximum Gasteiger partial charge on any atom is 0.324 e. The van der Waals surface area contributed by atoms with Gasteiger partial charge in [0.2, 0.25) is 5.91 Å². The monoisotopic (exact) mass is 468 g/mol. The predicted molar refractivity (Wildman–Crippen MR) is 126 cm³/mol. The van der Waals surface area contributed by atoms with Gasteiger partial charge in [-0.05, 0) is 51.7 Å².